The molecular weight excluding hydrogens is 143 g/mol. The van der Waals surface area contributed by atoms with E-state index in [9.17, 15) is 0 Å². The van der Waals surface area contributed by atoms with E-state index in [4.69, 9.17) is 0 Å². The van der Waals surface area contributed by atoms with Crippen LogP contribution < -0.4 is 0 Å². The van der Waals surface area contributed by atoms with Crippen LogP contribution in [0.1, 0.15) is 0 Å². The van der Waals surface area contributed by atoms with Gasteiger partial charge in [0.1, 0.15) is 6.33 Å². The Hall–Kier alpha value is -1.01. The normalized spacial score (nSPS) is 10.8. The molecule has 0 saturated carbocycles. The van der Waals surface area contributed by atoms with Crippen molar-refractivity contribution in [2.45, 2.75) is 0 Å². The van der Waals surface area contributed by atoms with Gasteiger partial charge in [-0.3, -0.25) is 0 Å². The predicted molar refractivity (Wildman–Crippen MR) is 42.1 cm³/mol. The first kappa shape index (κ1) is 5.75. The van der Waals surface area contributed by atoms with Gasteiger partial charge in [-0.15, -0.1) is 0 Å². The zero-order valence-electron chi connectivity index (χ0n) is 5.23. The zero-order chi connectivity index (χ0) is 6.81. The first-order chi connectivity index (χ1) is 4.97. The molecule has 0 saturated heterocycles. The van der Waals surface area contributed by atoms with Crippen LogP contribution in [0.25, 0.3) is 10.6 Å². The molecule has 0 bridgehead atoms. The van der Waals surface area contributed by atoms with Gasteiger partial charge in [0.2, 0.25) is 0 Å². The third-order valence-electron chi connectivity index (χ3n) is 1.28. The minimum atomic E-state index is 1.04. The SMILES string of the molecule is c1cpc2cncnc2c1. The number of fused-ring (bicyclic) bond motifs is 1. The summed E-state index contributed by atoms with van der Waals surface area (Å²) in [4.78, 5) is 8.02. The van der Waals surface area contributed by atoms with E-state index in [0.29, 0.717) is 0 Å². The molecule has 0 aromatic carbocycles. The lowest BCUT2D eigenvalue weighted by Crippen LogP contribution is -1.75. The van der Waals surface area contributed by atoms with Crippen molar-refractivity contribution in [1.82, 2.24) is 9.97 Å². The van der Waals surface area contributed by atoms with Crippen LogP contribution in [0.3, 0.4) is 0 Å². The Morgan fingerprint density at radius 2 is 2.40 bits per heavy atom. The van der Waals surface area contributed by atoms with E-state index in [-0.39, 0.29) is 0 Å². The molecule has 0 radical (unpaired) electrons. The summed E-state index contributed by atoms with van der Waals surface area (Å²) in [5, 5.41) is 1.19. The monoisotopic (exact) mass is 148 g/mol. The fourth-order valence-corrected chi connectivity index (χ4v) is 1.55. The smallest absolute Gasteiger partial charge is 0.116 e. The lowest BCUT2D eigenvalue weighted by molar-refractivity contribution is 1.23. The molecule has 0 amide bonds. The summed E-state index contributed by atoms with van der Waals surface area (Å²) in [6.45, 7) is 0. The molecule has 0 spiro atoms. The highest BCUT2D eigenvalue weighted by molar-refractivity contribution is 7.35. The van der Waals surface area contributed by atoms with Crippen molar-refractivity contribution >= 4 is 18.8 Å². The van der Waals surface area contributed by atoms with Gasteiger partial charge < -0.3 is 0 Å². The Labute approximate surface area is 60.0 Å². The van der Waals surface area contributed by atoms with E-state index in [1.165, 1.54) is 13.3 Å². The van der Waals surface area contributed by atoms with Crippen LogP contribution >= 0.6 is 8.19 Å². The number of rotatable bonds is 0. The van der Waals surface area contributed by atoms with E-state index in [2.05, 4.69) is 15.8 Å². The van der Waals surface area contributed by atoms with Crippen molar-refractivity contribution in [3.05, 3.63) is 30.5 Å². The second kappa shape index (κ2) is 2.31. The number of aromatic nitrogens is 2. The molecule has 0 atom stereocenters. The lowest BCUT2D eigenvalue weighted by Gasteiger charge is -1.90. The summed E-state index contributed by atoms with van der Waals surface area (Å²) in [5.41, 5.74) is 1.04. The van der Waals surface area contributed by atoms with Gasteiger partial charge in [0, 0.05) is 11.3 Å². The van der Waals surface area contributed by atoms with Gasteiger partial charge in [-0.1, -0.05) is 14.3 Å². The molecule has 0 aliphatic carbocycles. The summed E-state index contributed by atoms with van der Waals surface area (Å²) in [7, 11) is 1.19. The molecule has 3 heteroatoms. The van der Waals surface area contributed by atoms with Gasteiger partial charge in [0.15, 0.2) is 0 Å². The van der Waals surface area contributed by atoms with Crippen LogP contribution in [0.2, 0.25) is 0 Å². The largest absolute Gasteiger partial charge is 0.244 e. The van der Waals surface area contributed by atoms with Crippen molar-refractivity contribution < 1.29 is 0 Å². The molecule has 2 heterocycles. The minimum Gasteiger partial charge on any atom is -0.244 e. The quantitative estimate of drug-likeness (QED) is 0.572. The van der Waals surface area contributed by atoms with Crippen LogP contribution in [-0.2, 0) is 0 Å². The first-order valence-corrected chi connectivity index (χ1v) is 3.94. The van der Waals surface area contributed by atoms with Gasteiger partial charge in [0.05, 0.1) is 5.52 Å². The maximum absolute atomic E-state index is 4.09. The molecule has 2 nitrogen and oxygen atoms in total. The van der Waals surface area contributed by atoms with E-state index in [0.717, 1.165) is 5.52 Å². The van der Waals surface area contributed by atoms with Gasteiger partial charge in [-0.2, -0.15) is 0 Å². The molecule has 0 aliphatic rings. The predicted octanol–water partition coefficient (Wildman–Crippen LogP) is 2.21. The van der Waals surface area contributed by atoms with Gasteiger partial charge in [-0.05, 0) is 11.9 Å². The number of hydrogen-bond acceptors (Lipinski definition) is 2. The van der Waals surface area contributed by atoms with Crippen molar-refractivity contribution in [2.24, 2.45) is 0 Å². The van der Waals surface area contributed by atoms with Crippen molar-refractivity contribution in [2.75, 3.05) is 0 Å². The van der Waals surface area contributed by atoms with Gasteiger partial charge in [-0.25, -0.2) is 9.97 Å². The van der Waals surface area contributed by atoms with Crippen LogP contribution in [0.5, 0.6) is 0 Å². The summed E-state index contributed by atoms with van der Waals surface area (Å²) < 4.78 is 0. The Morgan fingerprint density at radius 3 is 3.30 bits per heavy atom. The molecular formula is C7H5N2P. The standard InChI is InChI=1S/C7H5N2P/c1-2-6-7(10-3-1)4-8-5-9-6/h1-5H. The second-order valence-corrected chi connectivity index (χ2v) is 2.97. The number of nitrogens with zero attached hydrogens (tertiary/aromatic N) is 2. The highest BCUT2D eigenvalue weighted by atomic mass is 31.0. The summed E-state index contributed by atoms with van der Waals surface area (Å²) in [6, 6.07) is 4.00. The molecule has 0 unspecified atom stereocenters. The first-order valence-electron chi connectivity index (χ1n) is 2.97. The Morgan fingerprint density at radius 1 is 1.40 bits per heavy atom. The highest BCUT2D eigenvalue weighted by Gasteiger charge is 1.88. The molecule has 2 rings (SSSR count). The fourth-order valence-electron chi connectivity index (χ4n) is 0.817. The molecule has 2 aromatic rings. The molecule has 0 aliphatic heterocycles. The molecule has 48 valence electrons. The summed E-state index contributed by atoms with van der Waals surface area (Å²) in [5.74, 6) is 2.08. The minimum absolute atomic E-state index is 1.04. The van der Waals surface area contributed by atoms with Gasteiger partial charge in [0.25, 0.3) is 0 Å². The molecule has 2 aromatic heterocycles. The van der Waals surface area contributed by atoms with E-state index in [1.54, 1.807) is 6.33 Å². The van der Waals surface area contributed by atoms with Crippen LogP contribution in [0.15, 0.2) is 30.5 Å². The van der Waals surface area contributed by atoms with E-state index < -0.39 is 0 Å². The second-order valence-electron chi connectivity index (χ2n) is 1.93. The molecule has 0 N–H and O–H groups in total. The van der Waals surface area contributed by atoms with Crippen molar-refractivity contribution in [3.8, 4) is 0 Å². The number of hydrogen-bond donors (Lipinski definition) is 0. The fraction of sp³-hybridized carbons (Fsp3) is 0. The van der Waals surface area contributed by atoms with Crippen LogP contribution in [0.4, 0.5) is 0 Å². The van der Waals surface area contributed by atoms with E-state index in [1.807, 2.05) is 18.3 Å². The average molecular weight is 148 g/mol. The van der Waals surface area contributed by atoms with E-state index >= 15 is 0 Å². The lowest BCUT2D eigenvalue weighted by atomic mass is 10.4. The van der Waals surface area contributed by atoms with Crippen molar-refractivity contribution in [3.63, 3.8) is 0 Å². The Bertz CT molecular complexity index is 283. The molecule has 0 fully saturated rings. The maximum atomic E-state index is 4.09. The topological polar surface area (TPSA) is 25.8 Å². The Balaban J connectivity index is 2.89. The van der Waals surface area contributed by atoms with Crippen LogP contribution in [-0.4, -0.2) is 9.97 Å². The Kier molecular flexibility index (Phi) is 1.33. The third kappa shape index (κ3) is 0.869. The average Bonchev–Trinajstić information content (AvgIpc) is 2.05. The maximum Gasteiger partial charge on any atom is 0.116 e. The third-order valence-corrected chi connectivity index (χ3v) is 2.22. The molecule has 10 heavy (non-hydrogen) atoms. The summed E-state index contributed by atoms with van der Waals surface area (Å²) >= 11 is 0. The highest BCUT2D eigenvalue weighted by Crippen LogP contribution is 2.17. The van der Waals surface area contributed by atoms with Crippen LogP contribution in [0, 0.1) is 0 Å². The van der Waals surface area contributed by atoms with Gasteiger partial charge >= 0.3 is 0 Å². The summed E-state index contributed by atoms with van der Waals surface area (Å²) in [6.07, 6.45) is 3.42. The van der Waals surface area contributed by atoms with Crippen molar-refractivity contribution in [1.29, 1.82) is 0 Å². The zero-order valence-corrected chi connectivity index (χ0v) is 6.12.